The summed E-state index contributed by atoms with van der Waals surface area (Å²) < 4.78 is 29.4. The van der Waals surface area contributed by atoms with E-state index in [1.165, 1.54) is 11.3 Å². The number of amides is 1. The van der Waals surface area contributed by atoms with Crippen LogP contribution in [0.4, 0.5) is 13.9 Å². The number of nitrogens with zero attached hydrogens (tertiary/aromatic N) is 4. The van der Waals surface area contributed by atoms with Crippen molar-refractivity contribution >= 4 is 32.6 Å². The first-order valence-corrected chi connectivity index (χ1v) is 8.39. The Morgan fingerprint density at radius 2 is 2.00 bits per heavy atom. The van der Waals surface area contributed by atoms with E-state index < -0.39 is 17.5 Å². The van der Waals surface area contributed by atoms with E-state index in [0.29, 0.717) is 5.13 Å². The number of benzene rings is 2. The number of thiazole rings is 1. The topological polar surface area (TPSA) is 72.7 Å². The third kappa shape index (κ3) is 2.82. The molecule has 0 aliphatic carbocycles. The average Bonchev–Trinajstić information content (AvgIpc) is 3.19. The zero-order valence-corrected chi connectivity index (χ0v) is 14.2. The molecule has 4 aromatic rings. The van der Waals surface area contributed by atoms with Gasteiger partial charge in [0.25, 0.3) is 5.91 Å². The smallest absolute Gasteiger partial charge is 0.279 e. The van der Waals surface area contributed by atoms with E-state index in [9.17, 15) is 13.6 Å². The number of hydrogen-bond acceptors (Lipinski definition) is 5. The summed E-state index contributed by atoms with van der Waals surface area (Å²) in [4.78, 5) is 16.8. The maximum Gasteiger partial charge on any atom is 0.279 e. The number of rotatable bonds is 3. The fourth-order valence-corrected chi connectivity index (χ4v) is 3.36. The number of nitrogens with one attached hydrogen (secondary N) is 1. The minimum absolute atomic E-state index is 0.00733. The molecule has 0 radical (unpaired) electrons. The van der Waals surface area contributed by atoms with Crippen LogP contribution in [-0.2, 0) is 0 Å². The number of para-hydroxylation sites is 1. The van der Waals surface area contributed by atoms with Gasteiger partial charge in [0.1, 0.15) is 17.3 Å². The van der Waals surface area contributed by atoms with Crippen molar-refractivity contribution in [1.82, 2.24) is 20.0 Å². The summed E-state index contributed by atoms with van der Waals surface area (Å²) in [7, 11) is 0. The average molecular weight is 371 g/mol. The highest BCUT2D eigenvalue weighted by atomic mass is 32.1. The molecule has 1 N–H and O–H groups in total. The number of hydrogen-bond donors (Lipinski definition) is 1. The number of halogens is 2. The summed E-state index contributed by atoms with van der Waals surface area (Å²) in [5, 5.41) is 10.7. The van der Waals surface area contributed by atoms with Gasteiger partial charge in [-0.1, -0.05) is 28.7 Å². The van der Waals surface area contributed by atoms with E-state index in [4.69, 9.17) is 0 Å². The van der Waals surface area contributed by atoms with Crippen molar-refractivity contribution in [1.29, 1.82) is 0 Å². The molecule has 1 amide bonds. The van der Waals surface area contributed by atoms with Gasteiger partial charge in [0.15, 0.2) is 10.8 Å². The van der Waals surface area contributed by atoms with Gasteiger partial charge in [-0.15, -0.1) is 5.10 Å². The molecular formula is C17H11F2N5OS. The van der Waals surface area contributed by atoms with E-state index >= 15 is 0 Å². The fraction of sp³-hybridized carbons (Fsp3) is 0.0588. The number of carbonyl (C=O) groups excluding carboxylic acids is 1. The predicted molar refractivity (Wildman–Crippen MR) is 93.6 cm³/mol. The standard InChI is InChI=1S/C17H11F2N5OS/c1-9-15(22-23-24(9)13-8-10(18)6-7-11(13)19)16(25)21-17-20-12-4-2-3-5-14(12)26-17/h2-8H,1H3,(H,20,21,25). The Bertz CT molecular complexity index is 1100. The van der Waals surface area contributed by atoms with Crippen LogP contribution >= 0.6 is 11.3 Å². The highest BCUT2D eigenvalue weighted by molar-refractivity contribution is 7.22. The molecule has 0 aliphatic heterocycles. The predicted octanol–water partition coefficient (Wildman–Crippen LogP) is 3.72. The quantitative estimate of drug-likeness (QED) is 0.596. The summed E-state index contributed by atoms with van der Waals surface area (Å²) in [5.74, 6) is -1.81. The van der Waals surface area contributed by atoms with E-state index in [-0.39, 0.29) is 17.1 Å². The summed E-state index contributed by atoms with van der Waals surface area (Å²) in [6, 6.07) is 10.5. The Labute approximate surface area is 150 Å². The molecule has 0 unspecified atom stereocenters. The molecule has 0 atom stereocenters. The second-order valence-corrected chi connectivity index (χ2v) is 6.50. The number of fused-ring (bicyclic) bond motifs is 1. The minimum Gasteiger partial charge on any atom is -0.296 e. The first kappa shape index (κ1) is 16.3. The third-order valence-electron chi connectivity index (χ3n) is 3.76. The second-order valence-electron chi connectivity index (χ2n) is 5.47. The second kappa shape index (κ2) is 6.26. The zero-order chi connectivity index (χ0) is 18.3. The lowest BCUT2D eigenvalue weighted by molar-refractivity contribution is 0.102. The van der Waals surface area contributed by atoms with Gasteiger partial charge in [-0.3, -0.25) is 10.1 Å². The van der Waals surface area contributed by atoms with E-state index in [0.717, 1.165) is 33.1 Å². The minimum atomic E-state index is -0.669. The van der Waals surface area contributed by atoms with Crippen molar-refractivity contribution in [3.63, 3.8) is 0 Å². The van der Waals surface area contributed by atoms with Gasteiger partial charge in [0.05, 0.1) is 15.9 Å². The Balaban J connectivity index is 1.65. The molecule has 0 saturated heterocycles. The lowest BCUT2D eigenvalue weighted by atomic mass is 10.2. The van der Waals surface area contributed by atoms with Crippen molar-refractivity contribution in [2.75, 3.05) is 5.32 Å². The van der Waals surface area contributed by atoms with Crippen LogP contribution in [0.3, 0.4) is 0 Å². The number of aromatic nitrogens is 4. The first-order chi connectivity index (χ1) is 12.5. The van der Waals surface area contributed by atoms with Crippen molar-refractivity contribution in [3.8, 4) is 5.69 Å². The Morgan fingerprint density at radius 3 is 2.81 bits per heavy atom. The Kier molecular flexibility index (Phi) is 3.92. The molecule has 130 valence electrons. The Morgan fingerprint density at radius 1 is 1.19 bits per heavy atom. The molecule has 2 aromatic heterocycles. The van der Waals surface area contributed by atoms with Gasteiger partial charge in [-0.2, -0.15) is 0 Å². The lowest BCUT2D eigenvalue weighted by Gasteiger charge is -2.05. The number of anilines is 1. The van der Waals surface area contributed by atoms with Crippen LogP contribution in [0.2, 0.25) is 0 Å². The zero-order valence-electron chi connectivity index (χ0n) is 13.4. The van der Waals surface area contributed by atoms with Crippen molar-refractivity contribution in [3.05, 3.63) is 65.5 Å². The van der Waals surface area contributed by atoms with Crippen LogP contribution in [0, 0.1) is 18.6 Å². The summed E-state index contributed by atoms with van der Waals surface area (Å²) in [6.45, 7) is 1.55. The summed E-state index contributed by atoms with van der Waals surface area (Å²) >= 11 is 1.33. The van der Waals surface area contributed by atoms with Gasteiger partial charge in [0.2, 0.25) is 0 Å². The molecule has 0 saturated carbocycles. The van der Waals surface area contributed by atoms with Gasteiger partial charge in [-0.25, -0.2) is 18.4 Å². The molecule has 6 nitrogen and oxygen atoms in total. The van der Waals surface area contributed by atoms with Gasteiger partial charge >= 0.3 is 0 Å². The Hall–Kier alpha value is -3.20. The molecule has 2 aromatic carbocycles. The molecule has 0 bridgehead atoms. The van der Waals surface area contributed by atoms with Gasteiger partial charge < -0.3 is 0 Å². The monoisotopic (exact) mass is 371 g/mol. The lowest BCUT2D eigenvalue weighted by Crippen LogP contribution is -2.14. The fourth-order valence-electron chi connectivity index (χ4n) is 2.50. The summed E-state index contributed by atoms with van der Waals surface area (Å²) in [6.07, 6.45) is 0. The van der Waals surface area contributed by atoms with Gasteiger partial charge in [-0.05, 0) is 31.2 Å². The van der Waals surface area contributed by atoms with Crippen LogP contribution < -0.4 is 5.32 Å². The van der Waals surface area contributed by atoms with E-state index in [1.807, 2.05) is 24.3 Å². The van der Waals surface area contributed by atoms with Crippen molar-refractivity contribution < 1.29 is 13.6 Å². The molecule has 0 fully saturated rings. The molecule has 4 rings (SSSR count). The van der Waals surface area contributed by atoms with Crippen LogP contribution in [0.5, 0.6) is 0 Å². The van der Waals surface area contributed by atoms with E-state index in [2.05, 4.69) is 20.6 Å². The van der Waals surface area contributed by atoms with Crippen LogP contribution in [0.15, 0.2) is 42.5 Å². The maximum absolute atomic E-state index is 13.9. The van der Waals surface area contributed by atoms with Crippen LogP contribution in [-0.4, -0.2) is 25.9 Å². The SMILES string of the molecule is Cc1c(C(=O)Nc2nc3ccccc3s2)nnn1-c1cc(F)ccc1F. The van der Waals surface area contributed by atoms with Crippen molar-refractivity contribution in [2.45, 2.75) is 6.92 Å². The maximum atomic E-state index is 13.9. The normalized spacial score (nSPS) is 11.0. The van der Waals surface area contributed by atoms with E-state index in [1.54, 1.807) is 6.92 Å². The molecule has 0 aliphatic rings. The highest BCUT2D eigenvalue weighted by Gasteiger charge is 2.20. The van der Waals surface area contributed by atoms with Gasteiger partial charge in [0, 0.05) is 6.07 Å². The summed E-state index contributed by atoms with van der Waals surface area (Å²) in [5.41, 5.74) is 0.949. The van der Waals surface area contributed by atoms with Crippen LogP contribution in [0.25, 0.3) is 15.9 Å². The molecule has 0 spiro atoms. The van der Waals surface area contributed by atoms with Crippen LogP contribution in [0.1, 0.15) is 16.2 Å². The third-order valence-corrected chi connectivity index (χ3v) is 4.71. The first-order valence-electron chi connectivity index (χ1n) is 7.57. The van der Waals surface area contributed by atoms with Crippen molar-refractivity contribution in [2.24, 2.45) is 0 Å². The molecular weight excluding hydrogens is 360 g/mol. The molecule has 26 heavy (non-hydrogen) atoms. The largest absolute Gasteiger partial charge is 0.296 e. The molecule has 9 heteroatoms. The highest BCUT2D eigenvalue weighted by Crippen LogP contribution is 2.26. The molecule has 2 heterocycles. The number of carbonyl (C=O) groups is 1.